The standard InChI is InChI=1S/C23H32N4O6S/c1-17-7-8-19(27(30)31)16-21(17)34(32,33)25-14-9-18(10-15-25)22(28)26-13-3-2-6-20(26)23(29)24-11-4-5-12-24/h7-8,16,18,20H,2-6,9-15H2,1H3. The second-order valence-electron chi connectivity index (χ2n) is 9.46. The fourth-order valence-corrected chi connectivity index (χ4v) is 7.01. The molecule has 0 radical (unpaired) electrons. The van der Waals surface area contributed by atoms with Crippen molar-refractivity contribution in [1.29, 1.82) is 0 Å². The number of likely N-dealkylation sites (tertiary alicyclic amines) is 2. The fourth-order valence-electron chi connectivity index (χ4n) is 5.30. The van der Waals surface area contributed by atoms with Gasteiger partial charge in [0.15, 0.2) is 0 Å². The number of benzene rings is 1. The minimum absolute atomic E-state index is 0.0479. The molecular weight excluding hydrogens is 460 g/mol. The second-order valence-corrected chi connectivity index (χ2v) is 11.4. The first-order chi connectivity index (χ1) is 16.2. The number of nitrogens with zero attached hydrogens (tertiary/aromatic N) is 4. The van der Waals surface area contributed by atoms with E-state index in [1.165, 1.54) is 16.4 Å². The molecule has 11 heteroatoms. The van der Waals surface area contributed by atoms with Crippen molar-refractivity contribution in [2.45, 2.75) is 62.8 Å². The number of hydrogen-bond donors (Lipinski definition) is 0. The molecule has 3 saturated heterocycles. The van der Waals surface area contributed by atoms with Gasteiger partial charge in [0.1, 0.15) is 6.04 Å². The number of nitro groups is 1. The predicted octanol–water partition coefficient (Wildman–Crippen LogP) is 2.31. The number of aryl methyl sites for hydroxylation is 1. The van der Waals surface area contributed by atoms with Crippen LogP contribution in [0.25, 0.3) is 0 Å². The highest BCUT2D eigenvalue weighted by molar-refractivity contribution is 7.89. The maximum atomic E-state index is 13.4. The Bertz CT molecular complexity index is 1060. The quantitative estimate of drug-likeness (QED) is 0.459. The Morgan fingerprint density at radius 1 is 0.941 bits per heavy atom. The van der Waals surface area contributed by atoms with Gasteiger partial charge < -0.3 is 9.80 Å². The molecule has 0 bridgehead atoms. The van der Waals surface area contributed by atoms with Gasteiger partial charge in [0.25, 0.3) is 5.69 Å². The number of hydrogen-bond acceptors (Lipinski definition) is 6. The number of carbonyl (C=O) groups excluding carboxylic acids is 2. The van der Waals surface area contributed by atoms with E-state index in [0.29, 0.717) is 31.4 Å². The second kappa shape index (κ2) is 9.99. The summed E-state index contributed by atoms with van der Waals surface area (Å²) in [6.45, 7) is 4.02. The maximum Gasteiger partial charge on any atom is 0.270 e. The van der Waals surface area contributed by atoms with Crippen molar-refractivity contribution in [3.63, 3.8) is 0 Å². The predicted molar refractivity (Wildman–Crippen MR) is 124 cm³/mol. The largest absolute Gasteiger partial charge is 0.341 e. The third-order valence-electron chi connectivity index (χ3n) is 7.29. The van der Waals surface area contributed by atoms with Crippen LogP contribution in [-0.4, -0.2) is 78.0 Å². The summed E-state index contributed by atoms with van der Waals surface area (Å²) in [6, 6.07) is 3.42. The van der Waals surface area contributed by atoms with Gasteiger partial charge in [0, 0.05) is 50.8 Å². The summed E-state index contributed by atoms with van der Waals surface area (Å²) < 4.78 is 27.7. The normalized spacial score (nSPS) is 22.7. The summed E-state index contributed by atoms with van der Waals surface area (Å²) in [7, 11) is -3.91. The van der Waals surface area contributed by atoms with Gasteiger partial charge in [-0.2, -0.15) is 4.31 Å². The lowest BCUT2D eigenvalue weighted by atomic mass is 9.93. The van der Waals surface area contributed by atoms with Gasteiger partial charge in [-0.25, -0.2) is 8.42 Å². The maximum absolute atomic E-state index is 13.4. The van der Waals surface area contributed by atoms with Crippen LogP contribution < -0.4 is 0 Å². The van der Waals surface area contributed by atoms with Gasteiger partial charge in [-0.1, -0.05) is 6.07 Å². The van der Waals surface area contributed by atoms with Gasteiger partial charge in [0.05, 0.1) is 9.82 Å². The van der Waals surface area contributed by atoms with Crippen LogP contribution in [0.5, 0.6) is 0 Å². The van der Waals surface area contributed by atoms with Crippen LogP contribution in [0, 0.1) is 23.0 Å². The topological polar surface area (TPSA) is 121 Å². The molecule has 2 amide bonds. The van der Waals surface area contributed by atoms with E-state index in [0.717, 1.165) is 44.8 Å². The molecule has 3 aliphatic heterocycles. The SMILES string of the molecule is Cc1ccc([N+](=O)[O-])cc1S(=O)(=O)N1CCC(C(=O)N2CCCCC2C(=O)N2CCCC2)CC1. The molecule has 186 valence electrons. The van der Waals surface area contributed by atoms with Crippen molar-refractivity contribution < 1.29 is 22.9 Å². The highest BCUT2D eigenvalue weighted by Gasteiger charge is 2.40. The Hall–Kier alpha value is -2.53. The fraction of sp³-hybridized carbons (Fsp3) is 0.652. The van der Waals surface area contributed by atoms with Crippen LogP contribution in [0.4, 0.5) is 5.69 Å². The highest BCUT2D eigenvalue weighted by Crippen LogP contribution is 2.31. The van der Waals surface area contributed by atoms with Crippen molar-refractivity contribution in [3.05, 3.63) is 33.9 Å². The number of rotatable bonds is 5. The zero-order valence-electron chi connectivity index (χ0n) is 19.5. The van der Waals surface area contributed by atoms with Crippen molar-refractivity contribution in [1.82, 2.24) is 14.1 Å². The zero-order chi connectivity index (χ0) is 24.5. The molecular formula is C23H32N4O6S. The van der Waals surface area contributed by atoms with Crippen LogP contribution in [0.1, 0.15) is 50.5 Å². The molecule has 10 nitrogen and oxygen atoms in total. The molecule has 1 atom stereocenters. The number of nitro benzene ring substituents is 1. The molecule has 0 aliphatic carbocycles. The van der Waals surface area contributed by atoms with Crippen LogP contribution in [0.15, 0.2) is 23.1 Å². The molecule has 1 unspecified atom stereocenters. The van der Waals surface area contributed by atoms with Gasteiger partial charge in [-0.05, 0) is 57.4 Å². The number of amides is 2. The van der Waals surface area contributed by atoms with E-state index in [1.807, 2.05) is 4.90 Å². The third-order valence-corrected chi connectivity index (χ3v) is 9.33. The number of carbonyl (C=O) groups is 2. The smallest absolute Gasteiger partial charge is 0.270 e. The highest BCUT2D eigenvalue weighted by atomic mass is 32.2. The van der Waals surface area contributed by atoms with Crippen LogP contribution in [0.2, 0.25) is 0 Å². The minimum Gasteiger partial charge on any atom is -0.341 e. The van der Waals surface area contributed by atoms with E-state index >= 15 is 0 Å². The van der Waals surface area contributed by atoms with Crippen molar-refractivity contribution in [2.75, 3.05) is 32.7 Å². The van der Waals surface area contributed by atoms with Gasteiger partial charge in [-0.15, -0.1) is 0 Å². The van der Waals surface area contributed by atoms with E-state index in [1.54, 1.807) is 11.8 Å². The third kappa shape index (κ3) is 4.81. The molecule has 0 aromatic heterocycles. The average Bonchev–Trinajstić information content (AvgIpc) is 3.38. The minimum atomic E-state index is -3.91. The lowest BCUT2D eigenvalue weighted by molar-refractivity contribution is -0.385. The van der Waals surface area contributed by atoms with Crippen molar-refractivity contribution >= 4 is 27.5 Å². The van der Waals surface area contributed by atoms with E-state index in [4.69, 9.17) is 0 Å². The molecule has 0 spiro atoms. The number of piperidine rings is 2. The van der Waals surface area contributed by atoms with E-state index in [-0.39, 0.29) is 41.4 Å². The summed E-state index contributed by atoms with van der Waals surface area (Å²) in [6.07, 6.45) is 5.22. The van der Waals surface area contributed by atoms with Crippen LogP contribution in [0.3, 0.4) is 0 Å². The lowest BCUT2D eigenvalue weighted by Gasteiger charge is -2.40. The van der Waals surface area contributed by atoms with E-state index in [2.05, 4.69) is 0 Å². The number of sulfonamides is 1. The monoisotopic (exact) mass is 492 g/mol. The van der Waals surface area contributed by atoms with Gasteiger partial charge in [-0.3, -0.25) is 19.7 Å². The molecule has 1 aromatic carbocycles. The first kappa shape index (κ1) is 24.6. The summed E-state index contributed by atoms with van der Waals surface area (Å²) in [5, 5.41) is 11.1. The summed E-state index contributed by atoms with van der Waals surface area (Å²) in [5.74, 6) is -0.336. The Morgan fingerprint density at radius 3 is 2.24 bits per heavy atom. The molecule has 0 saturated carbocycles. The molecule has 34 heavy (non-hydrogen) atoms. The molecule has 4 rings (SSSR count). The summed E-state index contributed by atoms with van der Waals surface area (Å²) in [4.78, 5) is 40.5. The Morgan fingerprint density at radius 2 is 1.59 bits per heavy atom. The van der Waals surface area contributed by atoms with Gasteiger partial charge in [0.2, 0.25) is 21.8 Å². The van der Waals surface area contributed by atoms with Gasteiger partial charge >= 0.3 is 0 Å². The van der Waals surface area contributed by atoms with Crippen molar-refractivity contribution in [2.24, 2.45) is 5.92 Å². The molecule has 3 heterocycles. The van der Waals surface area contributed by atoms with E-state index in [9.17, 15) is 28.1 Å². The molecule has 3 aliphatic rings. The average molecular weight is 493 g/mol. The lowest BCUT2D eigenvalue weighted by Crippen LogP contribution is -2.55. The summed E-state index contributed by atoms with van der Waals surface area (Å²) >= 11 is 0. The molecule has 0 N–H and O–H groups in total. The van der Waals surface area contributed by atoms with Crippen LogP contribution >= 0.6 is 0 Å². The van der Waals surface area contributed by atoms with Crippen molar-refractivity contribution in [3.8, 4) is 0 Å². The Kier molecular flexibility index (Phi) is 7.22. The first-order valence-electron chi connectivity index (χ1n) is 12.0. The first-order valence-corrected chi connectivity index (χ1v) is 13.5. The zero-order valence-corrected chi connectivity index (χ0v) is 20.3. The summed E-state index contributed by atoms with van der Waals surface area (Å²) in [5.41, 5.74) is 0.174. The Balaban J connectivity index is 1.43. The molecule has 1 aromatic rings. The molecule has 3 fully saturated rings. The van der Waals surface area contributed by atoms with Crippen LogP contribution in [-0.2, 0) is 19.6 Å². The van der Waals surface area contributed by atoms with E-state index < -0.39 is 21.0 Å². The number of non-ortho nitro benzene ring substituents is 1. The Labute approximate surface area is 200 Å².